The Morgan fingerprint density at radius 1 is 1.25 bits per heavy atom. The number of benzene rings is 1. The maximum Gasteiger partial charge on any atom is 0.416 e. The lowest BCUT2D eigenvalue weighted by atomic mass is 10.1. The van der Waals surface area contributed by atoms with Gasteiger partial charge in [-0.15, -0.1) is 0 Å². The van der Waals surface area contributed by atoms with Crippen LogP contribution in [-0.4, -0.2) is 11.6 Å². The van der Waals surface area contributed by atoms with Gasteiger partial charge in [-0.2, -0.15) is 13.2 Å². The smallest absolute Gasteiger partial charge is 0.416 e. The van der Waals surface area contributed by atoms with Crippen molar-refractivity contribution in [2.24, 2.45) is 5.92 Å². The van der Waals surface area contributed by atoms with Crippen molar-refractivity contribution < 1.29 is 22.7 Å². The summed E-state index contributed by atoms with van der Waals surface area (Å²) in [4.78, 5) is 11.8. The molecule has 0 amide bonds. The Kier molecular flexibility index (Phi) is 3.56. The van der Waals surface area contributed by atoms with Gasteiger partial charge in [-0.05, 0) is 44.7 Å². The molecule has 0 N–H and O–H groups in total. The normalized spacial score (nSPS) is 22.5. The molecule has 1 unspecified atom stereocenters. The zero-order valence-corrected chi connectivity index (χ0v) is 11.6. The summed E-state index contributed by atoms with van der Waals surface area (Å²) < 4.78 is 43.2. The van der Waals surface area contributed by atoms with E-state index < -0.39 is 17.3 Å². The van der Waals surface area contributed by atoms with Crippen LogP contribution in [0.5, 0.6) is 0 Å². The van der Waals surface area contributed by atoms with Crippen molar-refractivity contribution in [2.45, 2.75) is 44.9 Å². The second kappa shape index (κ2) is 4.79. The fourth-order valence-corrected chi connectivity index (χ4v) is 2.15. The molecule has 0 spiro atoms. The predicted molar refractivity (Wildman–Crippen MR) is 68.1 cm³/mol. The number of halogens is 3. The lowest BCUT2D eigenvalue weighted by Gasteiger charge is -2.19. The number of rotatable bonds is 2. The molecule has 0 saturated heterocycles. The quantitative estimate of drug-likeness (QED) is 0.763. The van der Waals surface area contributed by atoms with Gasteiger partial charge in [0.2, 0.25) is 0 Å². The Labute approximate surface area is 115 Å². The number of hydrogen-bond acceptors (Lipinski definition) is 2. The van der Waals surface area contributed by atoms with E-state index in [9.17, 15) is 18.0 Å². The fraction of sp³-hybridized carbons (Fsp3) is 0.533. The van der Waals surface area contributed by atoms with Crippen LogP contribution in [0.25, 0.3) is 0 Å². The number of carbonyl (C=O) groups excluding carboxylic acids is 1. The van der Waals surface area contributed by atoms with Crippen LogP contribution in [0.1, 0.15) is 44.2 Å². The Balaban J connectivity index is 2.07. The molecule has 1 aromatic rings. The van der Waals surface area contributed by atoms with E-state index in [1.54, 1.807) is 26.8 Å². The van der Waals surface area contributed by atoms with Gasteiger partial charge in [0.25, 0.3) is 0 Å². The maximum atomic E-state index is 12.6. The number of alkyl halides is 3. The van der Waals surface area contributed by atoms with Crippen molar-refractivity contribution in [3.63, 3.8) is 0 Å². The van der Waals surface area contributed by atoms with Gasteiger partial charge in [-0.3, -0.25) is 4.79 Å². The summed E-state index contributed by atoms with van der Waals surface area (Å²) in [5, 5.41) is 0. The molecule has 2 rings (SSSR count). The van der Waals surface area contributed by atoms with Crippen LogP contribution in [-0.2, 0) is 15.7 Å². The molecule has 2 atom stereocenters. The highest BCUT2D eigenvalue weighted by molar-refractivity contribution is 5.77. The van der Waals surface area contributed by atoms with Crippen LogP contribution in [0.3, 0.4) is 0 Å². The number of hydrogen-bond donors (Lipinski definition) is 0. The van der Waals surface area contributed by atoms with E-state index in [-0.39, 0.29) is 17.8 Å². The molecule has 0 aromatic heterocycles. The van der Waals surface area contributed by atoms with Crippen molar-refractivity contribution in [1.82, 2.24) is 0 Å². The number of esters is 1. The molecule has 1 aliphatic rings. The summed E-state index contributed by atoms with van der Waals surface area (Å²) in [5.41, 5.74) is -0.696. The van der Waals surface area contributed by atoms with Gasteiger partial charge in [-0.25, -0.2) is 0 Å². The van der Waals surface area contributed by atoms with Crippen molar-refractivity contribution in [3.8, 4) is 0 Å². The molecule has 0 radical (unpaired) electrons. The third-order valence-electron chi connectivity index (χ3n) is 3.14. The first-order chi connectivity index (χ1) is 9.08. The molecule has 20 heavy (non-hydrogen) atoms. The largest absolute Gasteiger partial charge is 0.460 e. The van der Waals surface area contributed by atoms with E-state index in [4.69, 9.17) is 4.74 Å². The first-order valence-electron chi connectivity index (χ1n) is 6.48. The van der Waals surface area contributed by atoms with E-state index in [0.29, 0.717) is 12.0 Å². The van der Waals surface area contributed by atoms with Crippen molar-refractivity contribution >= 4 is 5.97 Å². The van der Waals surface area contributed by atoms with Crippen molar-refractivity contribution in [2.75, 3.05) is 0 Å². The van der Waals surface area contributed by atoms with Crippen LogP contribution >= 0.6 is 0 Å². The lowest BCUT2D eigenvalue weighted by molar-refractivity contribution is -0.156. The molecule has 1 aliphatic carbocycles. The molecule has 1 saturated carbocycles. The third-order valence-corrected chi connectivity index (χ3v) is 3.14. The Morgan fingerprint density at radius 3 is 2.45 bits per heavy atom. The number of ether oxygens (including phenoxy) is 1. The monoisotopic (exact) mass is 286 g/mol. The summed E-state index contributed by atoms with van der Waals surface area (Å²) >= 11 is 0. The molecular weight excluding hydrogens is 269 g/mol. The molecular formula is C15H17F3O2. The highest BCUT2D eigenvalue weighted by Gasteiger charge is 2.46. The zero-order chi connectivity index (χ0) is 15.1. The van der Waals surface area contributed by atoms with Gasteiger partial charge in [0.15, 0.2) is 0 Å². The topological polar surface area (TPSA) is 26.3 Å². The molecule has 1 fully saturated rings. The Morgan fingerprint density at radius 2 is 1.90 bits per heavy atom. The maximum absolute atomic E-state index is 12.6. The van der Waals surface area contributed by atoms with E-state index in [1.165, 1.54) is 6.07 Å². The Bertz CT molecular complexity index is 515. The summed E-state index contributed by atoms with van der Waals surface area (Å²) in [7, 11) is 0. The summed E-state index contributed by atoms with van der Waals surface area (Å²) in [6.45, 7) is 5.31. The first kappa shape index (κ1) is 14.9. The van der Waals surface area contributed by atoms with E-state index in [2.05, 4.69) is 0 Å². The van der Waals surface area contributed by atoms with Crippen molar-refractivity contribution in [3.05, 3.63) is 35.4 Å². The minimum absolute atomic E-state index is 0.160. The number of carbonyl (C=O) groups is 1. The van der Waals surface area contributed by atoms with Gasteiger partial charge in [-0.1, -0.05) is 18.2 Å². The molecule has 5 heteroatoms. The Hall–Kier alpha value is -1.52. The predicted octanol–water partition coefficient (Wildman–Crippen LogP) is 4.15. The lowest BCUT2D eigenvalue weighted by Crippen LogP contribution is -2.25. The highest BCUT2D eigenvalue weighted by atomic mass is 19.4. The fourth-order valence-electron chi connectivity index (χ4n) is 2.15. The minimum Gasteiger partial charge on any atom is -0.460 e. The van der Waals surface area contributed by atoms with Crippen LogP contribution < -0.4 is 0 Å². The van der Waals surface area contributed by atoms with Gasteiger partial charge < -0.3 is 4.74 Å². The van der Waals surface area contributed by atoms with Crippen molar-refractivity contribution in [1.29, 1.82) is 0 Å². The molecule has 0 bridgehead atoms. The summed E-state index contributed by atoms with van der Waals surface area (Å²) in [5.74, 6) is -0.815. The van der Waals surface area contributed by atoms with E-state index in [0.717, 1.165) is 12.1 Å². The zero-order valence-electron chi connectivity index (χ0n) is 11.6. The van der Waals surface area contributed by atoms with Crippen LogP contribution in [0.4, 0.5) is 13.2 Å². The summed E-state index contributed by atoms with van der Waals surface area (Å²) in [6.07, 6.45) is -3.80. The minimum atomic E-state index is -4.35. The average Bonchev–Trinajstić information content (AvgIpc) is 3.05. The van der Waals surface area contributed by atoms with Gasteiger partial charge in [0, 0.05) is 0 Å². The van der Waals surface area contributed by atoms with Gasteiger partial charge >= 0.3 is 12.1 Å². The molecule has 110 valence electrons. The second-order valence-electron chi connectivity index (χ2n) is 6.11. The van der Waals surface area contributed by atoms with E-state index >= 15 is 0 Å². The average molecular weight is 286 g/mol. The third kappa shape index (κ3) is 3.52. The van der Waals surface area contributed by atoms with Crippen LogP contribution in [0.15, 0.2) is 24.3 Å². The van der Waals surface area contributed by atoms with Gasteiger partial charge in [0.1, 0.15) is 5.60 Å². The first-order valence-corrected chi connectivity index (χ1v) is 6.48. The second-order valence-corrected chi connectivity index (χ2v) is 6.11. The molecule has 0 heterocycles. The summed E-state index contributed by atoms with van der Waals surface area (Å²) in [6, 6.07) is 5.16. The van der Waals surface area contributed by atoms with E-state index in [1.807, 2.05) is 0 Å². The SMILES string of the molecule is CC(C)(C)OC(=O)[C@@H]1CC1c1cccc(C(F)(F)F)c1. The van der Waals surface area contributed by atoms with Crippen LogP contribution in [0, 0.1) is 5.92 Å². The standard InChI is InChI=1S/C15H17F3O2/c1-14(2,3)20-13(19)12-8-11(12)9-5-4-6-10(7-9)15(16,17)18/h4-7,11-12H,8H2,1-3H3/t11?,12-/m1/s1. The van der Waals surface area contributed by atoms with Gasteiger partial charge in [0.05, 0.1) is 11.5 Å². The van der Waals surface area contributed by atoms with Crippen LogP contribution in [0.2, 0.25) is 0 Å². The molecule has 2 nitrogen and oxygen atoms in total. The molecule has 1 aromatic carbocycles. The molecule has 0 aliphatic heterocycles. The highest BCUT2D eigenvalue weighted by Crippen LogP contribution is 2.49.